The lowest BCUT2D eigenvalue weighted by molar-refractivity contribution is -0.00402. The average Bonchev–Trinajstić information content (AvgIpc) is 2.27. The first kappa shape index (κ1) is 13.0. The van der Waals surface area contributed by atoms with Crippen LogP contribution in [0.5, 0.6) is 0 Å². The highest BCUT2D eigenvalue weighted by Gasteiger charge is 2.29. The molecular weight excluding hydrogens is 186 g/mol. The number of nitrogens with one attached hydrogen (secondary N) is 1. The molecule has 1 N–H and O–H groups in total. The van der Waals surface area contributed by atoms with Crippen LogP contribution in [0.2, 0.25) is 0 Å². The van der Waals surface area contributed by atoms with Crippen molar-refractivity contribution < 1.29 is 4.74 Å². The molecule has 0 aromatic carbocycles. The summed E-state index contributed by atoms with van der Waals surface area (Å²) in [6, 6.07) is 0.604. The van der Waals surface area contributed by atoms with Gasteiger partial charge in [-0.25, -0.2) is 0 Å². The van der Waals surface area contributed by atoms with Crippen LogP contribution in [-0.2, 0) is 4.74 Å². The summed E-state index contributed by atoms with van der Waals surface area (Å²) in [7, 11) is 0. The Hall–Kier alpha value is -0.0800. The Balaban J connectivity index is 2.39. The molecule has 0 saturated heterocycles. The van der Waals surface area contributed by atoms with E-state index in [-0.39, 0.29) is 0 Å². The standard InChI is InChI=1S/C13H27NO/c1-4-9-14-12-8-7-11(5-2)10-13(12)15-6-3/h11-14H,4-10H2,1-3H3. The van der Waals surface area contributed by atoms with E-state index in [9.17, 15) is 0 Å². The van der Waals surface area contributed by atoms with Gasteiger partial charge >= 0.3 is 0 Å². The summed E-state index contributed by atoms with van der Waals surface area (Å²) in [6.07, 6.45) is 6.91. The van der Waals surface area contributed by atoms with E-state index in [2.05, 4.69) is 26.1 Å². The summed E-state index contributed by atoms with van der Waals surface area (Å²) in [5.41, 5.74) is 0. The molecule has 2 heteroatoms. The smallest absolute Gasteiger partial charge is 0.0730 e. The van der Waals surface area contributed by atoms with Gasteiger partial charge in [-0.1, -0.05) is 20.3 Å². The van der Waals surface area contributed by atoms with E-state index in [1.54, 1.807) is 0 Å². The van der Waals surface area contributed by atoms with Gasteiger partial charge in [-0.3, -0.25) is 0 Å². The molecule has 1 aliphatic carbocycles. The van der Waals surface area contributed by atoms with Crippen molar-refractivity contribution in [1.82, 2.24) is 5.32 Å². The molecule has 0 aromatic heterocycles. The van der Waals surface area contributed by atoms with Crippen LogP contribution >= 0.6 is 0 Å². The maximum atomic E-state index is 5.86. The maximum Gasteiger partial charge on any atom is 0.0730 e. The zero-order valence-corrected chi connectivity index (χ0v) is 10.6. The van der Waals surface area contributed by atoms with Crippen LogP contribution in [0.15, 0.2) is 0 Å². The Morgan fingerprint density at radius 1 is 1.20 bits per heavy atom. The van der Waals surface area contributed by atoms with Crippen LogP contribution in [0.25, 0.3) is 0 Å². The van der Waals surface area contributed by atoms with E-state index in [0.717, 1.165) is 19.1 Å². The third kappa shape index (κ3) is 4.12. The van der Waals surface area contributed by atoms with Crippen LogP contribution in [-0.4, -0.2) is 25.3 Å². The molecule has 0 radical (unpaired) electrons. The molecule has 0 bridgehead atoms. The molecule has 0 aliphatic heterocycles. The molecule has 3 atom stereocenters. The van der Waals surface area contributed by atoms with Gasteiger partial charge in [0.1, 0.15) is 0 Å². The lowest BCUT2D eigenvalue weighted by Gasteiger charge is -2.36. The SMILES string of the molecule is CCCNC1CCC(CC)CC1OCC. The van der Waals surface area contributed by atoms with Crippen molar-refractivity contribution in [2.45, 2.75) is 65.0 Å². The van der Waals surface area contributed by atoms with Crippen LogP contribution in [0.1, 0.15) is 52.9 Å². The van der Waals surface area contributed by atoms with Gasteiger partial charge in [0.05, 0.1) is 6.10 Å². The van der Waals surface area contributed by atoms with Gasteiger partial charge in [0.25, 0.3) is 0 Å². The highest BCUT2D eigenvalue weighted by molar-refractivity contribution is 4.85. The first-order valence-electron chi connectivity index (χ1n) is 6.66. The second kappa shape index (κ2) is 7.24. The van der Waals surface area contributed by atoms with E-state index >= 15 is 0 Å². The van der Waals surface area contributed by atoms with Crippen LogP contribution in [0, 0.1) is 5.92 Å². The predicted molar refractivity (Wildman–Crippen MR) is 65.1 cm³/mol. The molecule has 1 rings (SSSR count). The summed E-state index contributed by atoms with van der Waals surface area (Å²) < 4.78 is 5.86. The van der Waals surface area contributed by atoms with Gasteiger partial charge in [0, 0.05) is 12.6 Å². The summed E-state index contributed by atoms with van der Waals surface area (Å²) in [6.45, 7) is 8.61. The molecule has 0 amide bonds. The quantitative estimate of drug-likeness (QED) is 0.732. The lowest BCUT2D eigenvalue weighted by Crippen LogP contribution is -2.45. The summed E-state index contributed by atoms with van der Waals surface area (Å²) in [5, 5.41) is 3.63. The van der Waals surface area contributed by atoms with Crippen molar-refractivity contribution in [3.63, 3.8) is 0 Å². The molecule has 1 aliphatic rings. The van der Waals surface area contributed by atoms with E-state index in [0.29, 0.717) is 12.1 Å². The predicted octanol–water partition coefficient (Wildman–Crippen LogP) is 2.97. The number of rotatable bonds is 6. The highest BCUT2D eigenvalue weighted by atomic mass is 16.5. The fourth-order valence-corrected chi connectivity index (χ4v) is 2.54. The highest BCUT2D eigenvalue weighted by Crippen LogP contribution is 2.28. The monoisotopic (exact) mass is 213 g/mol. The Bertz CT molecular complexity index is 161. The van der Waals surface area contributed by atoms with Crippen LogP contribution in [0.3, 0.4) is 0 Å². The summed E-state index contributed by atoms with van der Waals surface area (Å²) >= 11 is 0. The van der Waals surface area contributed by atoms with E-state index < -0.39 is 0 Å². The van der Waals surface area contributed by atoms with Crippen molar-refractivity contribution in [1.29, 1.82) is 0 Å². The number of hydrogen-bond acceptors (Lipinski definition) is 2. The van der Waals surface area contributed by atoms with Crippen molar-refractivity contribution in [3.8, 4) is 0 Å². The topological polar surface area (TPSA) is 21.3 Å². The Morgan fingerprint density at radius 2 is 2.00 bits per heavy atom. The maximum absolute atomic E-state index is 5.86. The molecule has 2 nitrogen and oxygen atoms in total. The molecule has 1 fully saturated rings. The van der Waals surface area contributed by atoms with Crippen molar-refractivity contribution in [2.24, 2.45) is 5.92 Å². The first-order valence-corrected chi connectivity index (χ1v) is 6.66. The fourth-order valence-electron chi connectivity index (χ4n) is 2.54. The van der Waals surface area contributed by atoms with Gasteiger partial charge in [0.2, 0.25) is 0 Å². The number of ether oxygens (including phenoxy) is 1. The van der Waals surface area contributed by atoms with Gasteiger partial charge in [-0.05, 0) is 45.1 Å². The van der Waals surface area contributed by atoms with Gasteiger partial charge in [0.15, 0.2) is 0 Å². The van der Waals surface area contributed by atoms with Crippen LogP contribution in [0.4, 0.5) is 0 Å². The molecule has 0 heterocycles. The minimum absolute atomic E-state index is 0.459. The van der Waals surface area contributed by atoms with Gasteiger partial charge in [-0.2, -0.15) is 0 Å². The summed E-state index contributed by atoms with van der Waals surface area (Å²) in [4.78, 5) is 0. The Kier molecular flexibility index (Phi) is 6.26. The average molecular weight is 213 g/mol. The fraction of sp³-hybridized carbons (Fsp3) is 1.00. The second-order valence-corrected chi connectivity index (χ2v) is 4.64. The van der Waals surface area contributed by atoms with E-state index in [1.807, 2.05) is 0 Å². The van der Waals surface area contributed by atoms with Gasteiger partial charge in [-0.15, -0.1) is 0 Å². The van der Waals surface area contributed by atoms with Gasteiger partial charge < -0.3 is 10.1 Å². The molecular formula is C13H27NO. The van der Waals surface area contributed by atoms with E-state index in [1.165, 1.54) is 32.1 Å². The third-order valence-corrected chi connectivity index (χ3v) is 3.51. The molecule has 0 spiro atoms. The van der Waals surface area contributed by atoms with Crippen molar-refractivity contribution in [2.75, 3.05) is 13.2 Å². The second-order valence-electron chi connectivity index (χ2n) is 4.64. The molecule has 0 aromatic rings. The minimum atomic E-state index is 0.459. The van der Waals surface area contributed by atoms with Crippen LogP contribution < -0.4 is 5.32 Å². The molecule has 1 saturated carbocycles. The Labute approximate surface area is 94.8 Å². The normalized spacial score (nSPS) is 31.8. The van der Waals surface area contributed by atoms with E-state index in [4.69, 9.17) is 4.74 Å². The first-order chi connectivity index (χ1) is 7.31. The molecule has 3 unspecified atom stereocenters. The molecule has 15 heavy (non-hydrogen) atoms. The lowest BCUT2D eigenvalue weighted by atomic mass is 9.82. The zero-order chi connectivity index (χ0) is 11.1. The Morgan fingerprint density at radius 3 is 2.60 bits per heavy atom. The van der Waals surface area contributed by atoms with Crippen molar-refractivity contribution in [3.05, 3.63) is 0 Å². The number of hydrogen-bond donors (Lipinski definition) is 1. The zero-order valence-electron chi connectivity index (χ0n) is 10.6. The van der Waals surface area contributed by atoms with Crippen molar-refractivity contribution >= 4 is 0 Å². The summed E-state index contributed by atoms with van der Waals surface area (Å²) in [5.74, 6) is 0.890. The third-order valence-electron chi connectivity index (χ3n) is 3.51. The largest absolute Gasteiger partial charge is 0.377 e. The minimum Gasteiger partial charge on any atom is -0.377 e. The molecule has 90 valence electrons.